The third-order valence-electron chi connectivity index (χ3n) is 9.72. The summed E-state index contributed by atoms with van der Waals surface area (Å²) in [6, 6.07) is 15.3. The minimum Gasteiger partial charge on any atom is -0.285 e. The monoisotopic (exact) mass is 548 g/mol. The summed E-state index contributed by atoms with van der Waals surface area (Å²) in [4.78, 5) is 54.3. The molecule has 0 N–H and O–H groups in total. The third-order valence-corrected chi connectivity index (χ3v) is 9.72. The molecule has 0 aliphatic heterocycles. The van der Waals surface area contributed by atoms with Crippen molar-refractivity contribution in [1.82, 2.24) is 0 Å². The molecule has 1 atom stereocenters. The van der Waals surface area contributed by atoms with Gasteiger partial charge in [-0.1, -0.05) is 85.1 Å². The fourth-order valence-corrected chi connectivity index (χ4v) is 7.20. The standard InChI is InChI=1S/C37H40O4/c1-7-15-36(5,10-4)25-20-28-31-29(21-25)35(41)33(39)27-19-23(18-26(30(27)31)32(38)34(28)40)22-11-13-24(14-12-22)37(6,16-8-2)17-9-3/h11-14,18-21H,7-10,15-17H2,1-6H3. The fraction of sp³-hybridized carbons (Fsp3) is 0.405. The van der Waals surface area contributed by atoms with Crippen LogP contribution in [-0.4, -0.2) is 0 Å². The largest absolute Gasteiger partial charge is 0.285 e. The van der Waals surface area contributed by atoms with Crippen LogP contribution in [0.4, 0.5) is 0 Å². The lowest BCUT2D eigenvalue weighted by Gasteiger charge is -2.30. The van der Waals surface area contributed by atoms with Gasteiger partial charge in [0, 0.05) is 32.7 Å². The molecule has 0 aromatic heterocycles. The Kier molecular flexibility index (Phi) is 7.48. The van der Waals surface area contributed by atoms with E-state index in [0.29, 0.717) is 16.7 Å². The van der Waals surface area contributed by atoms with Crippen LogP contribution in [0.2, 0.25) is 0 Å². The predicted octanol–water partition coefficient (Wildman–Crippen LogP) is 7.84. The number of benzene rings is 5. The van der Waals surface area contributed by atoms with Gasteiger partial charge in [-0.05, 0) is 83.0 Å². The second-order valence-electron chi connectivity index (χ2n) is 12.5. The SMILES string of the molecule is CCCC(C)(CC)c1cc2c3c(c1)c(=O)c(=O)c1cc(-c4ccc(C(C)(CCC)CCC)cc4)cc(c1-3)c(=O)c2=O. The van der Waals surface area contributed by atoms with Crippen molar-refractivity contribution in [3.8, 4) is 22.3 Å². The summed E-state index contributed by atoms with van der Waals surface area (Å²) in [6.45, 7) is 13.0. The maximum absolute atomic E-state index is 13.6. The van der Waals surface area contributed by atoms with Gasteiger partial charge in [0.2, 0.25) is 21.7 Å². The van der Waals surface area contributed by atoms with Gasteiger partial charge < -0.3 is 0 Å². The molecular formula is C37H40O4. The molecule has 212 valence electrons. The first-order valence-electron chi connectivity index (χ1n) is 15.2. The Bertz CT molecular complexity index is 1810. The van der Waals surface area contributed by atoms with Crippen LogP contribution in [0.3, 0.4) is 0 Å². The molecule has 3 aromatic carbocycles. The van der Waals surface area contributed by atoms with E-state index in [1.165, 1.54) is 5.56 Å². The molecule has 4 heteroatoms. The smallest absolute Gasteiger partial charge is 0.234 e. The highest BCUT2D eigenvalue weighted by molar-refractivity contribution is 6.12. The average Bonchev–Trinajstić information content (AvgIpc) is 2.97. The van der Waals surface area contributed by atoms with E-state index in [9.17, 15) is 19.2 Å². The molecule has 2 aliphatic rings. The first-order valence-corrected chi connectivity index (χ1v) is 15.2. The van der Waals surface area contributed by atoms with Crippen molar-refractivity contribution >= 4 is 21.5 Å². The maximum Gasteiger partial charge on any atom is 0.234 e. The zero-order valence-electron chi connectivity index (χ0n) is 25.2. The summed E-state index contributed by atoms with van der Waals surface area (Å²) in [7, 11) is 0. The Morgan fingerprint density at radius 3 is 1.27 bits per heavy atom. The van der Waals surface area contributed by atoms with E-state index in [-0.39, 0.29) is 32.4 Å². The summed E-state index contributed by atoms with van der Waals surface area (Å²) in [5, 5.41) is 0.914. The summed E-state index contributed by atoms with van der Waals surface area (Å²) in [6.07, 6.45) is 6.99. The van der Waals surface area contributed by atoms with Crippen molar-refractivity contribution in [2.45, 2.75) is 97.3 Å². The lowest BCUT2D eigenvalue weighted by Crippen LogP contribution is -2.32. The summed E-state index contributed by atoms with van der Waals surface area (Å²) in [5.74, 6) is 0. The number of hydrogen-bond donors (Lipinski definition) is 0. The Hall–Kier alpha value is -3.66. The first kappa shape index (κ1) is 28.9. The molecule has 0 saturated heterocycles. The Labute approximate surface area is 241 Å². The van der Waals surface area contributed by atoms with Crippen LogP contribution in [0, 0.1) is 0 Å². The van der Waals surface area contributed by atoms with Crippen molar-refractivity contribution in [2.24, 2.45) is 0 Å². The van der Waals surface area contributed by atoms with Gasteiger partial charge in [0.05, 0.1) is 0 Å². The molecule has 41 heavy (non-hydrogen) atoms. The molecular weight excluding hydrogens is 508 g/mol. The molecule has 3 aromatic rings. The van der Waals surface area contributed by atoms with Crippen LogP contribution in [0.25, 0.3) is 43.8 Å². The van der Waals surface area contributed by atoms with Crippen molar-refractivity contribution in [3.05, 3.63) is 101 Å². The van der Waals surface area contributed by atoms with E-state index in [1.54, 1.807) is 24.3 Å². The van der Waals surface area contributed by atoms with Crippen LogP contribution >= 0.6 is 0 Å². The van der Waals surface area contributed by atoms with Gasteiger partial charge in [0.1, 0.15) is 0 Å². The van der Waals surface area contributed by atoms with Gasteiger partial charge in [-0.25, -0.2) is 0 Å². The summed E-state index contributed by atoms with van der Waals surface area (Å²) in [5.41, 5.74) is 1.82. The van der Waals surface area contributed by atoms with Crippen molar-refractivity contribution in [2.75, 3.05) is 0 Å². The molecule has 4 nitrogen and oxygen atoms in total. The fourth-order valence-electron chi connectivity index (χ4n) is 7.20. The third kappa shape index (κ3) is 4.52. The highest BCUT2D eigenvalue weighted by atomic mass is 16.2. The highest BCUT2D eigenvalue weighted by Crippen LogP contribution is 2.41. The van der Waals surface area contributed by atoms with Gasteiger partial charge in [-0.3, -0.25) is 19.2 Å². The zero-order chi connectivity index (χ0) is 29.7. The Morgan fingerprint density at radius 2 is 0.878 bits per heavy atom. The van der Waals surface area contributed by atoms with Crippen molar-refractivity contribution in [1.29, 1.82) is 0 Å². The van der Waals surface area contributed by atoms with Crippen molar-refractivity contribution < 1.29 is 0 Å². The Balaban J connectivity index is 1.77. The van der Waals surface area contributed by atoms with E-state index in [2.05, 4.69) is 53.7 Å². The minimum atomic E-state index is -0.621. The van der Waals surface area contributed by atoms with Crippen LogP contribution in [0.5, 0.6) is 0 Å². The second-order valence-corrected chi connectivity index (χ2v) is 12.5. The van der Waals surface area contributed by atoms with Crippen LogP contribution in [-0.2, 0) is 10.8 Å². The maximum atomic E-state index is 13.6. The van der Waals surface area contributed by atoms with Crippen LogP contribution in [0.1, 0.15) is 97.6 Å². The normalized spacial score (nSPS) is 13.9. The molecule has 0 saturated carbocycles. The summed E-state index contributed by atoms with van der Waals surface area (Å²) < 4.78 is 0. The van der Waals surface area contributed by atoms with E-state index in [4.69, 9.17) is 0 Å². The average molecular weight is 549 g/mol. The quantitative estimate of drug-likeness (QED) is 0.132. The molecule has 0 amide bonds. The molecule has 0 bridgehead atoms. The Morgan fingerprint density at radius 1 is 0.488 bits per heavy atom. The first-order chi connectivity index (χ1) is 19.5. The van der Waals surface area contributed by atoms with E-state index in [1.807, 2.05) is 12.1 Å². The second kappa shape index (κ2) is 10.6. The van der Waals surface area contributed by atoms with E-state index < -0.39 is 21.7 Å². The van der Waals surface area contributed by atoms with E-state index >= 15 is 0 Å². The summed E-state index contributed by atoms with van der Waals surface area (Å²) >= 11 is 0. The molecule has 0 heterocycles. The van der Waals surface area contributed by atoms with Gasteiger partial charge in [-0.2, -0.15) is 0 Å². The van der Waals surface area contributed by atoms with Crippen molar-refractivity contribution in [3.63, 3.8) is 0 Å². The molecule has 5 rings (SSSR count). The molecule has 2 aliphatic carbocycles. The highest BCUT2D eigenvalue weighted by Gasteiger charge is 2.30. The van der Waals surface area contributed by atoms with Crippen LogP contribution in [0.15, 0.2) is 67.7 Å². The molecule has 0 radical (unpaired) electrons. The molecule has 0 fully saturated rings. The predicted molar refractivity (Wildman–Crippen MR) is 172 cm³/mol. The van der Waals surface area contributed by atoms with Gasteiger partial charge in [0.25, 0.3) is 0 Å². The lowest BCUT2D eigenvalue weighted by molar-refractivity contribution is 0.392. The number of rotatable bonds is 10. The minimum absolute atomic E-state index is 0.0819. The topological polar surface area (TPSA) is 68.3 Å². The van der Waals surface area contributed by atoms with Gasteiger partial charge in [0.15, 0.2) is 0 Å². The van der Waals surface area contributed by atoms with Gasteiger partial charge in [-0.15, -0.1) is 0 Å². The van der Waals surface area contributed by atoms with Crippen LogP contribution < -0.4 is 21.7 Å². The van der Waals surface area contributed by atoms with Gasteiger partial charge >= 0.3 is 0 Å². The zero-order valence-corrected chi connectivity index (χ0v) is 25.2. The molecule has 0 spiro atoms. The lowest BCUT2D eigenvalue weighted by atomic mass is 9.74. The molecule has 1 unspecified atom stereocenters. The number of hydrogen-bond acceptors (Lipinski definition) is 4. The van der Waals surface area contributed by atoms with E-state index in [0.717, 1.165) is 56.1 Å².